The van der Waals surface area contributed by atoms with Crippen LogP contribution in [0.3, 0.4) is 0 Å². The van der Waals surface area contributed by atoms with Gasteiger partial charge in [-0.2, -0.15) is 0 Å². The Kier molecular flexibility index (Phi) is 4.40. The second-order valence-corrected chi connectivity index (χ2v) is 6.73. The number of piperidine rings is 1. The third kappa shape index (κ3) is 2.63. The van der Waals surface area contributed by atoms with Gasteiger partial charge in [-0.05, 0) is 25.2 Å². The number of ether oxygens (including phenoxy) is 1. The van der Waals surface area contributed by atoms with Crippen LogP contribution in [0.2, 0.25) is 0 Å². The highest BCUT2D eigenvalue weighted by Gasteiger charge is 2.54. The number of nitrogens with one attached hydrogen (secondary N) is 2. The van der Waals surface area contributed by atoms with Crippen LogP contribution in [0.1, 0.15) is 32.1 Å². The van der Waals surface area contributed by atoms with Crippen molar-refractivity contribution < 1.29 is 18.3 Å². The predicted octanol–water partition coefficient (Wildman–Crippen LogP) is 0.948. The molecule has 2 saturated heterocycles. The molecule has 0 aromatic carbocycles. The number of halogens is 2. The van der Waals surface area contributed by atoms with Gasteiger partial charge in [0.05, 0.1) is 6.54 Å². The van der Waals surface area contributed by atoms with Crippen LogP contribution in [0, 0.1) is 5.92 Å². The Morgan fingerprint density at radius 2 is 2.00 bits per heavy atom. The van der Waals surface area contributed by atoms with Gasteiger partial charge in [0.1, 0.15) is 11.6 Å². The fraction of sp³-hybridized carbons (Fsp3) is 0.933. The summed E-state index contributed by atoms with van der Waals surface area (Å²) in [5.74, 6) is -2.91. The van der Waals surface area contributed by atoms with Crippen molar-refractivity contribution >= 4 is 5.91 Å². The molecule has 126 valence electrons. The lowest BCUT2D eigenvalue weighted by molar-refractivity contribution is -0.177. The number of carbonyl (C=O) groups excluding carboxylic acids is 1. The Labute approximate surface area is 129 Å². The summed E-state index contributed by atoms with van der Waals surface area (Å²) >= 11 is 0. The Bertz CT molecular complexity index is 421. The molecule has 22 heavy (non-hydrogen) atoms. The van der Waals surface area contributed by atoms with Crippen molar-refractivity contribution in [3.05, 3.63) is 0 Å². The Morgan fingerprint density at radius 1 is 1.27 bits per heavy atom. The van der Waals surface area contributed by atoms with Crippen LogP contribution in [0.4, 0.5) is 8.78 Å². The van der Waals surface area contributed by atoms with Crippen LogP contribution in [-0.4, -0.2) is 61.8 Å². The van der Waals surface area contributed by atoms with Crippen LogP contribution >= 0.6 is 0 Å². The number of hydrogen-bond donors (Lipinski definition) is 2. The fourth-order valence-corrected chi connectivity index (χ4v) is 4.24. The second kappa shape index (κ2) is 6.02. The minimum Gasteiger partial charge on any atom is -0.375 e. The molecular formula is C15H25F2N3O2. The van der Waals surface area contributed by atoms with Gasteiger partial charge in [-0.25, -0.2) is 8.78 Å². The normalized spacial score (nSPS) is 36.0. The topological polar surface area (TPSA) is 53.6 Å². The molecule has 1 amide bonds. The largest absolute Gasteiger partial charge is 0.375 e. The molecule has 0 aromatic rings. The van der Waals surface area contributed by atoms with E-state index in [1.54, 1.807) is 0 Å². The molecule has 7 heteroatoms. The van der Waals surface area contributed by atoms with E-state index < -0.39 is 24.1 Å². The highest BCUT2D eigenvalue weighted by atomic mass is 19.3. The molecule has 0 radical (unpaired) electrons. The molecule has 5 nitrogen and oxygen atoms in total. The Morgan fingerprint density at radius 3 is 2.55 bits per heavy atom. The summed E-state index contributed by atoms with van der Waals surface area (Å²) in [6.07, 6.45) is 3.31. The van der Waals surface area contributed by atoms with Gasteiger partial charge in [0.25, 0.3) is 5.92 Å². The quantitative estimate of drug-likeness (QED) is 0.814. The maximum Gasteiger partial charge on any atom is 0.290 e. The maximum absolute atomic E-state index is 14.1. The van der Waals surface area contributed by atoms with Gasteiger partial charge in [-0.15, -0.1) is 0 Å². The summed E-state index contributed by atoms with van der Waals surface area (Å²) in [5, 5.41) is 6.46. The first-order valence-corrected chi connectivity index (χ1v) is 8.15. The smallest absolute Gasteiger partial charge is 0.290 e. The highest BCUT2D eigenvalue weighted by molar-refractivity contribution is 5.88. The van der Waals surface area contributed by atoms with E-state index in [0.29, 0.717) is 19.8 Å². The molecule has 0 spiro atoms. The van der Waals surface area contributed by atoms with Gasteiger partial charge in [-0.3, -0.25) is 10.1 Å². The van der Waals surface area contributed by atoms with Gasteiger partial charge < -0.3 is 15.0 Å². The molecule has 2 N–H and O–H groups in total. The third-order valence-corrected chi connectivity index (χ3v) is 5.47. The number of rotatable bonds is 3. The molecule has 0 bridgehead atoms. The van der Waals surface area contributed by atoms with E-state index in [1.165, 1.54) is 12.0 Å². The van der Waals surface area contributed by atoms with Crippen molar-refractivity contribution in [3.63, 3.8) is 0 Å². The van der Waals surface area contributed by atoms with Crippen molar-refractivity contribution in [2.45, 2.75) is 49.7 Å². The lowest BCUT2D eigenvalue weighted by Gasteiger charge is -2.43. The average molecular weight is 317 g/mol. The van der Waals surface area contributed by atoms with Gasteiger partial charge in [-0.1, -0.05) is 12.8 Å². The van der Waals surface area contributed by atoms with Crippen molar-refractivity contribution in [3.8, 4) is 0 Å². The molecule has 3 fully saturated rings. The zero-order valence-corrected chi connectivity index (χ0v) is 13.0. The van der Waals surface area contributed by atoms with Crippen molar-refractivity contribution in [1.29, 1.82) is 0 Å². The molecule has 3 rings (SSSR count). The summed E-state index contributed by atoms with van der Waals surface area (Å²) in [7, 11) is 1.30. The van der Waals surface area contributed by atoms with Crippen molar-refractivity contribution in [1.82, 2.24) is 15.5 Å². The van der Waals surface area contributed by atoms with Gasteiger partial charge in [0.15, 0.2) is 0 Å². The summed E-state index contributed by atoms with van der Waals surface area (Å²) in [4.78, 5) is 14.4. The van der Waals surface area contributed by atoms with E-state index >= 15 is 0 Å². The lowest BCUT2D eigenvalue weighted by atomic mass is 9.81. The van der Waals surface area contributed by atoms with Crippen LogP contribution in [0.25, 0.3) is 0 Å². The van der Waals surface area contributed by atoms with Crippen molar-refractivity contribution in [2.75, 3.05) is 33.4 Å². The zero-order chi connectivity index (χ0) is 15.8. The van der Waals surface area contributed by atoms with Gasteiger partial charge >= 0.3 is 0 Å². The number of hydrogen-bond acceptors (Lipinski definition) is 4. The monoisotopic (exact) mass is 317 g/mol. The number of methoxy groups -OCH3 is 1. The SMILES string of the molecule is CO[C@H]1CCN(C(=O)C2(C3CCCC3)CNCN2)CC1(F)F. The van der Waals surface area contributed by atoms with Gasteiger partial charge in [0, 0.05) is 26.9 Å². The summed E-state index contributed by atoms with van der Waals surface area (Å²) < 4.78 is 33.1. The fourth-order valence-electron chi connectivity index (χ4n) is 4.24. The lowest BCUT2D eigenvalue weighted by Crippen LogP contribution is -2.65. The first kappa shape index (κ1) is 16.1. The van der Waals surface area contributed by atoms with Crippen LogP contribution < -0.4 is 10.6 Å². The van der Waals surface area contributed by atoms with E-state index in [2.05, 4.69) is 10.6 Å². The van der Waals surface area contributed by atoms with E-state index in [9.17, 15) is 13.6 Å². The minimum atomic E-state index is -2.98. The predicted molar refractivity (Wildman–Crippen MR) is 77.6 cm³/mol. The highest BCUT2D eigenvalue weighted by Crippen LogP contribution is 2.38. The number of likely N-dealkylation sites (tertiary alicyclic amines) is 1. The summed E-state index contributed by atoms with van der Waals surface area (Å²) in [6.45, 7) is 0.892. The summed E-state index contributed by atoms with van der Waals surface area (Å²) in [5.41, 5.74) is -0.702. The number of alkyl halides is 2. The summed E-state index contributed by atoms with van der Waals surface area (Å²) in [6, 6.07) is 0. The van der Waals surface area contributed by atoms with E-state index in [4.69, 9.17) is 4.74 Å². The van der Waals surface area contributed by atoms with E-state index in [-0.39, 0.29) is 18.2 Å². The van der Waals surface area contributed by atoms with Crippen molar-refractivity contribution in [2.24, 2.45) is 5.92 Å². The minimum absolute atomic E-state index is 0.168. The molecule has 1 aliphatic carbocycles. The Hall–Kier alpha value is -0.790. The Balaban J connectivity index is 1.77. The molecule has 0 aromatic heterocycles. The zero-order valence-electron chi connectivity index (χ0n) is 13.0. The van der Waals surface area contributed by atoms with E-state index in [0.717, 1.165) is 25.7 Å². The molecule has 3 aliphatic rings. The second-order valence-electron chi connectivity index (χ2n) is 6.73. The molecule has 2 atom stereocenters. The molecule has 2 aliphatic heterocycles. The van der Waals surface area contributed by atoms with Crippen LogP contribution in [0.15, 0.2) is 0 Å². The number of carbonyl (C=O) groups is 1. The molecular weight excluding hydrogens is 292 g/mol. The first-order chi connectivity index (χ1) is 10.5. The molecule has 1 saturated carbocycles. The van der Waals surface area contributed by atoms with E-state index in [1.807, 2.05) is 0 Å². The van der Waals surface area contributed by atoms with Gasteiger partial charge in [0.2, 0.25) is 5.91 Å². The first-order valence-electron chi connectivity index (χ1n) is 8.15. The molecule has 1 unspecified atom stereocenters. The standard InChI is InChI=1S/C15H25F2N3O2/c1-22-12-6-7-20(9-15(12,16)17)13(21)14(8-18-10-19-14)11-4-2-3-5-11/h11-12,18-19H,2-10H2,1H3/t12-,14?/m0/s1. The maximum atomic E-state index is 14.1. The van der Waals surface area contributed by atoms with Crippen LogP contribution in [0.5, 0.6) is 0 Å². The molecule has 2 heterocycles. The number of amides is 1. The third-order valence-electron chi connectivity index (χ3n) is 5.47. The number of nitrogens with zero attached hydrogens (tertiary/aromatic N) is 1. The van der Waals surface area contributed by atoms with Crippen LogP contribution in [-0.2, 0) is 9.53 Å². The average Bonchev–Trinajstić information content (AvgIpc) is 3.17.